The molecule has 0 amide bonds. The van der Waals surface area contributed by atoms with Crippen molar-refractivity contribution in [3.05, 3.63) is 0 Å². The highest BCUT2D eigenvalue weighted by Crippen LogP contribution is 2.16. The first-order valence-electron chi connectivity index (χ1n) is 10.7. The fraction of sp³-hybridized carbons (Fsp3) is 0.818. The molecule has 0 heterocycles. The first kappa shape index (κ1) is 28.8. The van der Waals surface area contributed by atoms with Crippen molar-refractivity contribution in [3.63, 3.8) is 0 Å². The van der Waals surface area contributed by atoms with Gasteiger partial charge >= 0.3 is 23.9 Å². The fourth-order valence-electron chi connectivity index (χ4n) is 2.66. The standard InChI is InChI=1S/C22H38O9/c1-15(19(23)27-5)7-9-17(3)21(25)30-13-11-29-12-14-31-22(26)18(4)10-8-16(2)20(24)28-6/h15-18H,7-14H2,1-6H3. The number of carbonyl (C=O) groups is 4. The van der Waals surface area contributed by atoms with E-state index in [0.717, 1.165) is 0 Å². The molecule has 0 aliphatic rings. The van der Waals surface area contributed by atoms with Gasteiger partial charge in [-0.1, -0.05) is 27.7 Å². The van der Waals surface area contributed by atoms with Gasteiger partial charge in [0.1, 0.15) is 13.2 Å². The molecule has 9 nitrogen and oxygen atoms in total. The Morgan fingerprint density at radius 2 is 0.806 bits per heavy atom. The van der Waals surface area contributed by atoms with Crippen molar-refractivity contribution >= 4 is 23.9 Å². The van der Waals surface area contributed by atoms with Crippen LogP contribution in [0.5, 0.6) is 0 Å². The van der Waals surface area contributed by atoms with E-state index in [0.29, 0.717) is 25.7 Å². The summed E-state index contributed by atoms with van der Waals surface area (Å²) in [7, 11) is 2.68. The zero-order valence-electron chi connectivity index (χ0n) is 19.6. The van der Waals surface area contributed by atoms with Gasteiger partial charge in [0.15, 0.2) is 0 Å². The van der Waals surface area contributed by atoms with E-state index in [1.165, 1.54) is 14.2 Å². The Bertz CT molecular complexity index is 513. The SMILES string of the molecule is COC(=O)C(C)CCC(C)C(=O)OCCOCCOC(=O)C(C)CCC(C)C(=O)OC. The summed E-state index contributed by atoms with van der Waals surface area (Å²) in [5, 5.41) is 0. The quantitative estimate of drug-likeness (QED) is 0.200. The third-order valence-corrected chi connectivity index (χ3v) is 5.02. The molecule has 180 valence electrons. The van der Waals surface area contributed by atoms with Crippen molar-refractivity contribution in [1.82, 2.24) is 0 Å². The van der Waals surface area contributed by atoms with E-state index in [1.54, 1.807) is 27.7 Å². The van der Waals surface area contributed by atoms with Crippen LogP contribution in [-0.2, 0) is 42.9 Å². The van der Waals surface area contributed by atoms with Crippen LogP contribution in [0, 0.1) is 23.7 Å². The molecule has 4 unspecified atom stereocenters. The number of hydrogen-bond acceptors (Lipinski definition) is 9. The van der Waals surface area contributed by atoms with Crippen LogP contribution < -0.4 is 0 Å². The lowest BCUT2D eigenvalue weighted by Gasteiger charge is -2.14. The highest BCUT2D eigenvalue weighted by atomic mass is 16.6. The minimum absolute atomic E-state index is 0.103. The largest absolute Gasteiger partial charge is 0.469 e. The summed E-state index contributed by atoms with van der Waals surface area (Å²) >= 11 is 0. The number of carbonyl (C=O) groups excluding carboxylic acids is 4. The summed E-state index contributed by atoms with van der Waals surface area (Å²) in [6.07, 6.45) is 2.15. The molecule has 0 bridgehead atoms. The second-order valence-electron chi connectivity index (χ2n) is 7.75. The Labute approximate surface area is 185 Å². The smallest absolute Gasteiger partial charge is 0.308 e. The molecule has 0 aliphatic carbocycles. The first-order chi connectivity index (χ1) is 14.6. The van der Waals surface area contributed by atoms with Crippen molar-refractivity contribution < 1.29 is 42.9 Å². The fourth-order valence-corrected chi connectivity index (χ4v) is 2.66. The van der Waals surface area contributed by atoms with Crippen LogP contribution in [0.3, 0.4) is 0 Å². The van der Waals surface area contributed by atoms with Crippen LogP contribution in [0.2, 0.25) is 0 Å². The van der Waals surface area contributed by atoms with Gasteiger partial charge in [-0.15, -0.1) is 0 Å². The average Bonchev–Trinajstić information content (AvgIpc) is 2.77. The van der Waals surface area contributed by atoms with Gasteiger partial charge in [0.05, 0.1) is 51.1 Å². The molecule has 0 aliphatic heterocycles. The van der Waals surface area contributed by atoms with Gasteiger partial charge in [-0.25, -0.2) is 0 Å². The van der Waals surface area contributed by atoms with Crippen LogP contribution >= 0.6 is 0 Å². The molecule has 0 aromatic heterocycles. The highest BCUT2D eigenvalue weighted by Gasteiger charge is 2.20. The maximum absolute atomic E-state index is 11.9. The molecule has 9 heteroatoms. The van der Waals surface area contributed by atoms with Crippen molar-refractivity contribution in [2.45, 2.75) is 53.4 Å². The number of hydrogen-bond donors (Lipinski definition) is 0. The highest BCUT2D eigenvalue weighted by molar-refractivity contribution is 5.74. The minimum Gasteiger partial charge on any atom is -0.469 e. The molecule has 0 aromatic carbocycles. The predicted octanol–water partition coefficient (Wildman–Crippen LogP) is 2.54. The summed E-state index contributed by atoms with van der Waals surface area (Å²) < 4.78 is 24.9. The van der Waals surface area contributed by atoms with Crippen molar-refractivity contribution in [2.75, 3.05) is 40.6 Å². The molecule has 31 heavy (non-hydrogen) atoms. The Morgan fingerprint density at radius 1 is 0.516 bits per heavy atom. The predicted molar refractivity (Wildman–Crippen MR) is 112 cm³/mol. The van der Waals surface area contributed by atoms with Crippen molar-refractivity contribution in [3.8, 4) is 0 Å². The van der Waals surface area contributed by atoms with E-state index >= 15 is 0 Å². The Hall–Kier alpha value is -2.16. The third kappa shape index (κ3) is 13.0. The lowest BCUT2D eigenvalue weighted by molar-refractivity contribution is -0.152. The third-order valence-electron chi connectivity index (χ3n) is 5.02. The molecule has 0 spiro atoms. The van der Waals surface area contributed by atoms with Crippen LogP contribution in [0.4, 0.5) is 0 Å². The average molecular weight is 447 g/mol. The molecule has 4 atom stereocenters. The summed E-state index contributed by atoms with van der Waals surface area (Å²) in [4.78, 5) is 46.6. The Morgan fingerprint density at radius 3 is 1.10 bits per heavy atom. The van der Waals surface area contributed by atoms with Crippen LogP contribution in [0.15, 0.2) is 0 Å². The molecule has 0 aromatic rings. The van der Waals surface area contributed by atoms with E-state index in [2.05, 4.69) is 9.47 Å². The molecule has 0 saturated heterocycles. The normalized spacial score (nSPS) is 14.6. The summed E-state index contributed by atoms with van der Waals surface area (Å²) in [6, 6.07) is 0. The topological polar surface area (TPSA) is 114 Å². The van der Waals surface area contributed by atoms with E-state index in [9.17, 15) is 19.2 Å². The van der Waals surface area contributed by atoms with Gasteiger partial charge in [0.25, 0.3) is 0 Å². The van der Waals surface area contributed by atoms with Gasteiger partial charge in [-0.05, 0) is 25.7 Å². The Kier molecular flexibility index (Phi) is 15.4. The van der Waals surface area contributed by atoms with E-state index < -0.39 is 0 Å². The van der Waals surface area contributed by atoms with Gasteiger partial charge in [-0.3, -0.25) is 19.2 Å². The van der Waals surface area contributed by atoms with E-state index in [-0.39, 0.29) is 74.0 Å². The van der Waals surface area contributed by atoms with Gasteiger partial charge in [0, 0.05) is 0 Å². The van der Waals surface area contributed by atoms with Gasteiger partial charge in [-0.2, -0.15) is 0 Å². The number of ether oxygens (including phenoxy) is 5. The van der Waals surface area contributed by atoms with Crippen LogP contribution in [0.25, 0.3) is 0 Å². The van der Waals surface area contributed by atoms with Gasteiger partial charge in [0.2, 0.25) is 0 Å². The molecule has 0 radical (unpaired) electrons. The number of rotatable bonds is 16. The zero-order chi connectivity index (χ0) is 23.8. The number of esters is 4. The van der Waals surface area contributed by atoms with E-state index in [4.69, 9.17) is 14.2 Å². The molecular formula is C22H38O9. The second kappa shape index (κ2) is 16.5. The second-order valence-corrected chi connectivity index (χ2v) is 7.75. The summed E-state index contributed by atoms with van der Waals surface area (Å²) in [5.41, 5.74) is 0. The first-order valence-corrected chi connectivity index (χ1v) is 10.7. The van der Waals surface area contributed by atoms with Crippen molar-refractivity contribution in [1.29, 1.82) is 0 Å². The number of methoxy groups -OCH3 is 2. The maximum Gasteiger partial charge on any atom is 0.308 e. The lowest BCUT2D eigenvalue weighted by atomic mass is 9.98. The summed E-state index contributed by atoms with van der Waals surface area (Å²) in [5.74, 6) is -2.44. The van der Waals surface area contributed by atoms with Crippen LogP contribution in [-0.4, -0.2) is 64.5 Å². The zero-order valence-corrected chi connectivity index (χ0v) is 19.6. The van der Waals surface area contributed by atoms with Gasteiger partial charge < -0.3 is 23.7 Å². The molecule has 0 saturated carbocycles. The lowest BCUT2D eigenvalue weighted by Crippen LogP contribution is -2.21. The Balaban J connectivity index is 3.81. The van der Waals surface area contributed by atoms with E-state index in [1.807, 2.05) is 0 Å². The molecule has 0 rings (SSSR count). The molecule has 0 fully saturated rings. The van der Waals surface area contributed by atoms with Crippen LogP contribution in [0.1, 0.15) is 53.4 Å². The monoisotopic (exact) mass is 446 g/mol. The van der Waals surface area contributed by atoms with Crippen molar-refractivity contribution in [2.24, 2.45) is 23.7 Å². The maximum atomic E-state index is 11.9. The molecule has 0 N–H and O–H groups in total. The summed E-state index contributed by atoms with van der Waals surface area (Å²) in [6.45, 7) is 7.61. The molecular weight excluding hydrogens is 408 g/mol. The minimum atomic E-state index is -0.345.